The Morgan fingerprint density at radius 3 is 2.61 bits per heavy atom. The van der Waals surface area contributed by atoms with Gasteiger partial charge in [0.05, 0.1) is 18.1 Å². The van der Waals surface area contributed by atoms with Crippen molar-refractivity contribution in [2.45, 2.75) is 45.6 Å². The molecule has 1 fully saturated rings. The third-order valence-electron chi connectivity index (χ3n) is 3.90. The second-order valence-corrected chi connectivity index (χ2v) is 6.48. The molecule has 124 valence electrons. The Balaban J connectivity index is 2.13. The number of nitrogens with zero attached hydrogens (tertiary/aromatic N) is 1. The summed E-state index contributed by atoms with van der Waals surface area (Å²) in [5.41, 5.74) is 6.32. The summed E-state index contributed by atoms with van der Waals surface area (Å²) in [6, 6.07) is 1.97. The van der Waals surface area contributed by atoms with Crippen molar-refractivity contribution < 1.29 is 19.1 Å². The monoisotopic (exact) mass is 336 g/mol. The molecule has 0 bridgehead atoms. The highest BCUT2D eigenvalue weighted by Gasteiger charge is 2.26. The molecule has 1 aromatic rings. The molecule has 1 aromatic heterocycles. The zero-order chi connectivity index (χ0) is 16.8. The molecule has 2 N–H and O–H groups in total. The van der Waals surface area contributed by atoms with Crippen LogP contribution in [0.4, 0.5) is 5.00 Å². The SMILES string of the molecule is CCOC(=O)c1sc(N)c(C#N)c1COC(=O)C1CCCCC1. The highest BCUT2D eigenvalue weighted by molar-refractivity contribution is 7.18. The van der Waals surface area contributed by atoms with Crippen LogP contribution in [0.25, 0.3) is 0 Å². The Morgan fingerprint density at radius 1 is 1.30 bits per heavy atom. The third-order valence-corrected chi connectivity index (χ3v) is 4.95. The van der Waals surface area contributed by atoms with Gasteiger partial charge in [-0.2, -0.15) is 5.26 Å². The Kier molecular flexibility index (Phi) is 5.99. The zero-order valence-corrected chi connectivity index (χ0v) is 13.9. The average molecular weight is 336 g/mol. The minimum absolute atomic E-state index is 0.0867. The smallest absolute Gasteiger partial charge is 0.348 e. The van der Waals surface area contributed by atoms with Gasteiger partial charge in [0, 0.05) is 5.56 Å². The Morgan fingerprint density at radius 2 is 2.00 bits per heavy atom. The maximum absolute atomic E-state index is 12.1. The molecule has 0 radical (unpaired) electrons. The van der Waals surface area contributed by atoms with Crippen molar-refractivity contribution in [3.8, 4) is 6.07 Å². The number of carbonyl (C=O) groups is 2. The second kappa shape index (κ2) is 7.97. The number of carbonyl (C=O) groups excluding carboxylic acids is 2. The zero-order valence-electron chi connectivity index (χ0n) is 13.1. The van der Waals surface area contributed by atoms with Crippen LogP contribution >= 0.6 is 11.3 Å². The van der Waals surface area contributed by atoms with Crippen LogP contribution < -0.4 is 5.73 Å². The van der Waals surface area contributed by atoms with Gasteiger partial charge >= 0.3 is 11.9 Å². The summed E-state index contributed by atoms with van der Waals surface area (Å²) in [5.74, 6) is -0.904. The summed E-state index contributed by atoms with van der Waals surface area (Å²) in [5, 5.41) is 9.46. The molecule has 0 unspecified atom stereocenters. The molecule has 0 amide bonds. The van der Waals surface area contributed by atoms with E-state index in [1.165, 1.54) is 0 Å². The molecule has 6 nitrogen and oxygen atoms in total. The fraction of sp³-hybridized carbons (Fsp3) is 0.562. The normalized spacial score (nSPS) is 15.0. The van der Waals surface area contributed by atoms with Crippen molar-refractivity contribution in [1.82, 2.24) is 0 Å². The number of anilines is 1. The summed E-state index contributed by atoms with van der Waals surface area (Å²) in [6.07, 6.45) is 4.88. The van der Waals surface area contributed by atoms with Gasteiger partial charge in [-0.3, -0.25) is 4.79 Å². The number of hydrogen-bond donors (Lipinski definition) is 1. The summed E-state index contributed by atoms with van der Waals surface area (Å²) in [6.45, 7) is 1.79. The first-order valence-electron chi connectivity index (χ1n) is 7.73. The Hall–Kier alpha value is -2.07. The van der Waals surface area contributed by atoms with E-state index in [-0.39, 0.29) is 40.5 Å². The number of hydrogen-bond acceptors (Lipinski definition) is 7. The lowest BCUT2D eigenvalue weighted by Gasteiger charge is -2.19. The predicted molar refractivity (Wildman–Crippen MR) is 85.8 cm³/mol. The molecule has 7 heteroatoms. The van der Waals surface area contributed by atoms with E-state index in [4.69, 9.17) is 15.2 Å². The number of thiophene rings is 1. The minimum atomic E-state index is -0.547. The van der Waals surface area contributed by atoms with Crippen molar-refractivity contribution in [1.29, 1.82) is 5.26 Å². The first-order valence-corrected chi connectivity index (χ1v) is 8.55. The van der Waals surface area contributed by atoms with Crippen LogP contribution in [0.3, 0.4) is 0 Å². The molecule has 2 rings (SSSR count). The second-order valence-electron chi connectivity index (χ2n) is 5.42. The van der Waals surface area contributed by atoms with Crippen LogP contribution in [0.15, 0.2) is 0 Å². The fourth-order valence-electron chi connectivity index (χ4n) is 2.71. The molecule has 0 aliphatic heterocycles. The first-order chi connectivity index (χ1) is 11.1. The van der Waals surface area contributed by atoms with Gasteiger partial charge in [0.25, 0.3) is 0 Å². The molecule has 0 saturated heterocycles. The van der Waals surface area contributed by atoms with Crippen LogP contribution in [-0.4, -0.2) is 18.5 Å². The molecule has 1 heterocycles. The van der Waals surface area contributed by atoms with Gasteiger partial charge in [-0.25, -0.2) is 4.79 Å². The topological polar surface area (TPSA) is 102 Å². The van der Waals surface area contributed by atoms with E-state index in [1.807, 2.05) is 6.07 Å². The lowest BCUT2D eigenvalue weighted by Crippen LogP contribution is -2.20. The summed E-state index contributed by atoms with van der Waals surface area (Å²) < 4.78 is 10.3. The molecular weight excluding hydrogens is 316 g/mol. The van der Waals surface area contributed by atoms with Crippen LogP contribution in [0.1, 0.15) is 59.8 Å². The highest BCUT2D eigenvalue weighted by atomic mass is 32.1. The van der Waals surface area contributed by atoms with E-state index in [1.54, 1.807) is 6.92 Å². The molecule has 0 atom stereocenters. The van der Waals surface area contributed by atoms with Gasteiger partial charge in [-0.05, 0) is 19.8 Å². The Labute approximate surface area is 139 Å². The van der Waals surface area contributed by atoms with E-state index in [0.717, 1.165) is 43.4 Å². The standard InChI is InChI=1S/C16H20N2O4S/c1-2-21-16(20)13-12(11(8-17)14(18)23-13)9-22-15(19)10-6-4-3-5-7-10/h10H,2-7,9,18H2,1H3. The minimum Gasteiger partial charge on any atom is -0.462 e. The molecule has 1 aliphatic carbocycles. The van der Waals surface area contributed by atoms with E-state index < -0.39 is 5.97 Å². The first kappa shape index (κ1) is 17.3. The van der Waals surface area contributed by atoms with Gasteiger partial charge in [-0.15, -0.1) is 11.3 Å². The third kappa shape index (κ3) is 4.02. The number of rotatable bonds is 5. The summed E-state index contributed by atoms with van der Waals surface area (Å²) >= 11 is 0.990. The quantitative estimate of drug-likeness (QED) is 0.829. The van der Waals surface area contributed by atoms with Crippen LogP contribution in [0.5, 0.6) is 0 Å². The molecular formula is C16H20N2O4S. The van der Waals surface area contributed by atoms with Crippen molar-refractivity contribution in [2.24, 2.45) is 5.92 Å². The number of nitrogen functional groups attached to an aromatic ring is 1. The maximum Gasteiger partial charge on any atom is 0.348 e. The summed E-state index contributed by atoms with van der Waals surface area (Å²) in [7, 11) is 0. The molecule has 0 aromatic carbocycles. The van der Waals surface area contributed by atoms with Gasteiger partial charge in [-0.1, -0.05) is 19.3 Å². The summed E-state index contributed by atoms with van der Waals surface area (Å²) in [4.78, 5) is 24.3. The van der Waals surface area contributed by atoms with Crippen LogP contribution in [-0.2, 0) is 20.9 Å². The highest BCUT2D eigenvalue weighted by Crippen LogP contribution is 2.32. The predicted octanol–water partition coefficient (Wildman–Crippen LogP) is 3.00. The molecule has 23 heavy (non-hydrogen) atoms. The van der Waals surface area contributed by atoms with Crippen LogP contribution in [0, 0.1) is 17.2 Å². The molecule has 1 aliphatic rings. The number of esters is 2. The largest absolute Gasteiger partial charge is 0.462 e. The number of ether oxygens (including phenoxy) is 2. The van der Waals surface area contributed by atoms with Gasteiger partial charge in [0.1, 0.15) is 22.6 Å². The average Bonchev–Trinajstić information content (AvgIpc) is 2.89. The van der Waals surface area contributed by atoms with Gasteiger partial charge < -0.3 is 15.2 Å². The number of nitriles is 1. The van der Waals surface area contributed by atoms with E-state index in [9.17, 15) is 14.9 Å². The van der Waals surface area contributed by atoms with Crippen molar-refractivity contribution in [2.75, 3.05) is 12.3 Å². The molecule has 1 saturated carbocycles. The van der Waals surface area contributed by atoms with Crippen molar-refractivity contribution in [3.05, 3.63) is 16.0 Å². The van der Waals surface area contributed by atoms with E-state index >= 15 is 0 Å². The van der Waals surface area contributed by atoms with Crippen LogP contribution in [0.2, 0.25) is 0 Å². The maximum atomic E-state index is 12.1. The Bertz CT molecular complexity index is 627. The van der Waals surface area contributed by atoms with E-state index in [0.29, 0.717) is 5.56 Å². The van der Waals surface area contributed by atoms with E-state index in [2.05, 4.69) is 0 Å². The van der Waals surface area contributed by atoms with Gasteiger partial charge in [0.15, 0.2) is 0 Å². The lowest BCUT2D eigenvalue weighted by molar-refractivity contribution is -0.151. The lowest BCUT2D eigenvalue weighted by atomic mass is 9.89. The number of nitrogens with two attached hydrogens (primary N) is 1. The van der Waals surface area contributed by atoms with Crippen molar-refractivity contribution in [3.63, 3.8) is 0 Å². The van der Waals surface area contributed by atoms with Gasteiger partial charge in [0.2, 0.25) is 0 Å². The molecule has 0 spiro atoms. The van der Waals surface area contributed by atoms with Crippen molar-refractivity contribution >= 4 is 28.3 Å². The fourth-order valence-corrected chi connectivity index (χ4v) is 3.62.